The molecule has 1 aromatic heterocycles. The van der Waals surface area contributed by atoms with Gasteiger partial charge >= 0.3 is 0 Å². The molecule has 0 bridgehead atoms. The third-order valence-corrected chi connectivity index (χ3v) is 3.33. The fourth-order valence-corrected chi connectivity index (χ4v) is 2.23. The first-order chi connectivity index (χ1) is 9.15. The SMILES string of the molecule is CN1C(=O)CC(Nc2ccc3ncccc3c2)C1=O. The zero-order valence-electron chi connectivity index (χ0n) is 10.5. The summed E-state index contributed by atoms with van der Waals surface area (Å²) in [4.78, 5) is 28.7. The van der Waals surface area contributed by atoms with Crippen LogP contribution in [0.25, 0.3) is 10.9 Å². The maximum absolute atomic E-state index is 11.8. The number of fused-ring (bicyclic) bond motifs is 1. The average Bonchev–Trinajstić information content (AvgIpc) is 2.66. The number of hydrogen-bond donors (Lipinski definition) is 1. The Hall–Kier alpha value is -2.43. The Kier molecular flexibility index (Phi) is 2.67. The number of anilines is 1. The summed E-state index contributed by atoms with van der Waals surface area (Å²) in [5.74, 6) is -0.332. The number of benzene rings is 1. The van der Waals surface area contributed by atoms with E-state index >= 15 is 0 Å². The van der Waals surface area contributed by atoms with Crippen molar-refractivity contribution in [2.45, 2.75) is 12.5 Å². The molecule has 5 heteroatoms. The van der Waals surface area contributed by atoms with E-state index in [1.807, 2.05) is 30.3 Å². The third kappa shape index (κ3) is 2.03. The van der Waals surface area contributed by atoms with Crippen LogP contribution in [-0.4, -0.2) is 34.8 Å². The molecule has 1 aliphatic heterocycles. The van der Waals surface area contributed by atoms with Crippen LogP contribution in [0.2, 0.25) is 0 Å². The van der Waals surface area contributed by atoms with Gasteiger partial charge in [-0.15, -0.1) is 0 Å². The lowest BCUT2D eigenvalue weighted by molar-refractivity contribution is -0.136. The number of nitrogens with zero attached hydrogens (tertiary/aromatic N) is 2. The Morgan fingerprint density at radius 3 is 2.89 bits per heavy atom. The van der Waals surface area contributed by atoms with E-state index in [1.165, 1.54) is 11.9 Å². The van der Waals surface area contributed by atoms with Crippen molar-refractivity contribution >= 4 is 28.4 Å². The lowest BCUT2D eigenvalue weighted by Gasteiger charge is -2.12. The molecule has 1 fully saturated rings. The molecule has 0 saturated carbocycles. The van der Waals surface area contributed by atoms with E-state index in [-0.39, 0.29) is 18.2 Å². The molecule has 1 aliphatic rings. The number of aromatic nitrogens is 1. The molecule has 2 heterocycles. The Bertz CT molecular complexity index is 669. The maximum Gasteiger partial charge on any atom is 0.251 e. The van der Waals surface area contributed by atoms with Crippen LogP contribution in [0.1, 0.15) is 6.42 Å². The lowest BCUT2D eigenvalue weighted by Crippen LogP contribution is -2.31. The van der Waals surface area contributed by atoms with Crippen LogP contribution in [0.3, 0.4) is 0 Å². The molecule has 2 amide bonds. The number of hydrogen-bond acceptors (Lipinski definition) is 4. The van der Waals surface area contributed by atoms with Crippen LogP contribution >= 0.6 is 0 Å². The van der Waals surface area contributed by atoms with Crippen molar-refractivity contribution in [1.82, 2.24) is 9.88 Å². The van der Waals surface area contributed by atoms with E-state index < -0.39 is 6.04 Å². The average molecular weight is 255 g/mol. The number of imide groups is 1. The van der Waals surface area contributed by atoms with Gasteiger partial charge in [0.15, 0.2) is 0 Å². The second-order valence-electron chi connectivity index (χ2n) is 4.60. The molecule has 1 saturated heterocycles. The first-order valence-corrected chi connectivity index (χ1v) is 6.07. The highest BCUT2D eigenvalue weighted by Crippen LogP contribution is 2.21. The van der Waals surface area contributed by atoms with Gasteiger partial charge in [-0.05, 0) is 24.3 Å². The normalized spacial score (nSPS) is 19.2. The van der Waals surface area contributed by atoms with Crippen molar-refractivity contribution in [3.63, 3.8) is 0 Å². The predicted octanol–water partition coefficient (Wildman–Crippen LogP) is 1.40. The van der Waals surface area contributed by atoms with Crippen molar-refractivity contribution in [2.75, 3.05) is 12.4 Å². The van der Waals surface area contributed by atoms with E-state index in [0.29, 0.717) is 0 Å². The summed E-state index contributed by atoms with van der Waals surface area (Å²) in [5.41, 5.74) is 1.72. The molecule has 0 aliphatic carbocycles. The Balaban J connectivity index is 1.86. The lowest BCUT2D eigenvalue weighted by atomic mass is 10.1. The monoisotopic (exact) mass is 255 g/mol. The molecule has 3 rings (SSSR count). The summed E-state index contributed by atoms with van der Waals surface area (Å²) in [5, 5.41) is 4.10. The molecule has 0 radical (unpaired) electrons. The highest BCUT2D eigenvalue weighted by Gasteiger charge is 2.35. The van der Waals surface area contributed by atoms with E-state index in [0.717, 1.165) is 16.6 Å². The van der Waals surface area contributed by atoms with Crippen molar-refractivity contribution < 1.29 is 9.59 Å². The largest absolute Gasteiger partial charge is 0.373 e. The number of likely N-dealkylation sites (N-methyl/N-ethyl adjacent to an activating group) is 1. The summed E-state index contributed by atoms with van der Waals surface area (Å²) in [6.07, 6.45) is 1.95. The molecular formula is C14H13N3O2. The van der Waals surface area contributed by atoms with Gasteiger partial charge in [0.25, 0.3) is 5.91 Å². The third-order valence-electron chi connectivity index (χ3n) is 3.33. The number of pyridine rings is 1. The van der Waals surface area contributed by atoms with E-state index in [9.17, 15) is 9.59 Å². The van der Waals surface area contributed by atoms with Crippen LogP contribution in [0.15, 0.2) is 36.5 Å². The molecule has 1 unspecified atom stereocenters. The van der Waals surface area contributed by atoms with Crippen molar-refractivity contribution in [1.29, 1.82) is 0 Å². The molecule has 2 aromatic rings. The molecule has 1 atom stereocenters. The highest BCUT2D eigenvalue weighted by atomic mass is 16.2. The predicted molar refractivity (Wildman–Crippen MR) is 71.5 cm³/mol. The summed E-state index contributed by atoms with van der Waals surface area (Å²) >= 11 is 0. The molecule has 0 spiro atoms. The van der Waals surface area contributed by atoms with Gasteiger partial charge in [0.2, 0.25) is 5.91 Å². The molecule has 1 N–H and O–H groups in total. The summed E-state index contributed by atoms with van der Waals surface area (Å²) < 4.78 is 0. The van der Waals surface area contributed by atoms with Gasteiger partial charge < -0.3 is 5.32 Å². The minimum absolute atomic E-state index is 0.148. The highest BCUT2D eigenvalue weighted by molar-refractivity contribution is 6.06. The number of carbonyl (C=O) groups excluding carboxylic acids is 2. The van der Waals surface area contributed by atoms with Crippen molar-refractivity contribution in [3.05, 3.63) is 36.5 Å². The van der Waals surface area contributed by atoms with Gasteiger partial charge in [-0.2, -0.15) is 0 Å². The molecule has 1 aromatic carbocycles. The fourth-order valence-electron chi connectivity index (χ4n) is 2.23. The number of nitrogens with one attached hydrogen (secondary N) is 1. The molecule has 19 heavy (non-hydrogen) atoms. The first kappa shape index (κ1) is 11.6. The van der Waals surface area contributed by atoms with E-state index in [2.05, 4.69) is 10.3 Å². The van der Waals surface area contributed by atoms with Gasteiger partial charge in [-0.25, -0.2) is 0 Å². The number of carbonyl (C=O) groups is 2. The number of likely N-dealkylation sites (tertiary alicyclic amines) is 1. The second-order valence-corrected chi connectivity index (χ2v) is 4.60. The molecule has 96 valence electrons. The first-order valence-electron chi connectivity index (χ1n) is 6.07. The standard InChI is InChI=1S/C14H13N3O2/c1-17-13(18)8-12(14(17)19)16-10-4-5-11-9(7-10)3-2-6-15-11/h2-7,12,16H,8H2,1H3. The maximum atomic E-state index is 11.8. The number of amides is 2. The second kappa shape index (κ2) is 4.35. The van der Waals surface area contributed by atoms with Crippen LogP contribution < -0.4 is 5.32 Å². The Morgan fingerprint density at radius 1 is 1.32 bits per heavy atom. The minimum Gasteiger partial charge on any atom is -0.373 e. The van der Waals surface area contributed by atoms with Gasteiger partial charge in [-0.1, -0.05) is 6.07 Å². The zero-order chi connectivity index (χ0) is 13.4. The van der Waals surface area contributed by atoms with Gasteiger partial charge in [0, 0.05) is 24.3 Å². The minimum atomic E-state index is -0.466. The zero-order valence-corrected chi connectivity index (χ0v) is 10.5. The number of rotatable bonds is 2. The Morgan fingerprint density at radius 2 is 2.16 bits per heavy atom. The summed E-state index contributed by atoms with van der Waals surface area (Å²) in [6.45, 7) is 0. The van der Waals surface area contributed by atoms with Crippen LogP contribution in [0, 0.1) is 0 Å². The summed E-state index contributed by atoms with van der Waals surface area (Å²) in [7, 11) is 1.51. The van der Waals surface area contributed by atoms with Crippen molar-refractivity contribution in [3.8, 4) is 0 Å². The van der Waals surface area contributed by atoms with Crippen LogP contribution in [-0.2, 0) is 9.59 Å². The summed E-state index contributed by atoms with van der Waals surface area (Å²) in [6, 6.07) is 9.05. The Labute approximate surface area is 110 Å². The topological polar surface area (TPSA) is 62.3 Å². The van der Waals surface area contributed by atoms with Gasteiger partial charge in [0.1, 0.15) is 6.04 Å². The van der Waals surface area contributed by atoms with E-state index in [4.69, 9.17) is 0 Å². The van der Waals surface area contributed by atoms with E-state index in [1.54, 1.807) is 6.20 Å². The van der Waals surface area contributed by atoms with Gasteiger partial charge in [-0.3, -0.25) is 19.5 Å². The quantitative estimate of drug-likeness (QED) is 0.824. The smallest absolute Gasteiger partial charge is 0.251 e. The van der Waals surface area contributed by atoms with Crippen LogP contribution in [0.4, 0.5) is 5.69 Å². The van der Waals surface area contributed by atoms with Crippen LogP contribution in [0.5, 0.6) is 0 Å². The molecule has 5 nitrogen and oxygen atoms in total. The van der Waals surface area contributed by atoms with Gasteiger partial charge in [0.05, 0.1) is 11.9 Å². The fraction of sp³-hybridized carbons (Fsp3) is 0.214. The van der Waals surface area contributed by atoms with Crippen molar-refractivity contribution in [2.24, 2.45) is 0 Å². The molecular weight excluding hydrogens is 242 g/mol.